The van der Waals surface area contributed by atoms with E-state index in [1.54, 1.807) is 6.08 Å². The summed E-state index contributed by atoms with van der Waals surface area (Å²) in [4.78, 5) is 13.6. The van der Waals surface area contributed by atoms with E-state index in [1.807, 2.05) is 30.3 Å². The number of carbonyl (C=O) groups is 1. The van der Waals surface area contributed by atoms with Crippen molar-refractivity contribution in [3.8, 4) is 0 Å². The lowest BCUT2D eigenvalue weighted by Crippen LogP contribution is -2.40. The van der Waals surface area contributed by atoms with Crippen molar-refractivity contribution in [3.05, 3.63) is 48.6 Å². The van der Waals surface area contributed by atoms with Crippen LogP contribution >= 0.6 is 0 Å². The van der Waals surface area contributed by atoms with E-state index >= 15 is 0 Å². The van der Waals surface area contributed by atoms with Crippen LogP contribution in [0.15, 0.2) is 43.0 Å². The summed E-state index contributed by atoms with van der Waals surface area (Å²) in [5, 5.41) is 8.90. The van der Waals surface area contributed by atoms with Gasteiger partial charge in [0.25, 0.3) is 0 Å². The Bertz CT molecular complexity index is 365. The standard InChI is InChI=1S/C13H18N2O2/c1-2-8-15(9-10-16)13(17)12(14)11-6-4-3-5-7-11/h2-7,12,16H,1,8-10,14H2. The van der Waals surface area contributed by atoms with Gasteiger partial charge in [-0.25, -0.2) is 0 Å². The van der Waals surface area contributed by atoms with E-state index in [2.05, 4.69) is 6.58 Å². The number of nitrogens with two attached hydrogens (primary N) is 1. The second kappa shape index (κ2) is 6.83. The Balaban J connectivity index is 2.76. The number of hydrogen-bond donors (Lipinski definition) is 2. The normalized spacial score (nSPS) is 11.9. The van der Waals surface area contributed by atoms with Crippen LogP contribution < -0.4 is 5.73 Å². The van der Waals surface area contributed by atoms with Crippen LogP contribution in [-0.2, 0) is 4.79 Å². The minimum atomic E-state index is -0.692. The second-order valence-corrected chi connectivity index (χ2v) is 3.68. The quantitative estimate of drug-likeness (QED) is 0.712. The number of carbonyl (C=O) groups excluding carboxylic acids is 1. The fraction of sp³-hybridized carbons (Fsp3) is 0.308. The third kappa shape index (κ3) is 3.69. The van der Waals surface area contributed by atoms with Gasteiger partial charge in [-0.2, -0.15) is 0 Å². The Hall–Kier alpha value is -1.65. The molecule has 92 valence electrons. The van der Waals surface area contributed by atoms with Crippen LogP contribution in [0.4, 0.5) is 0 Å². The molecule has 0 aliphatic carbocycles. The van der Waals surface area contributed by atoms with Gasteiger partial charge in [0, 0.05) is 13.1 Å². The first-order chi connectivity index (χ1) is 8.20. The van der Waals surface area contributed by atoms with Gasteiger partial charge in [0.15, 0.2) is 0 Å². The van der Waals surface area contributed by atoms with Crippen molar-refractivity contribution in [3.63, 3.8) is 0 Å². The Morgan fingerprint density at radius 1 is 1.47 bits per heavy atom. The van der Waals surface area contributed by atoms with Gasteiger partial charge in [-0.15, -0.1) is 6.58 Å². The number of aliphatic hydroxyl groups is 1. The molecule has 4 nitrogen and oxygen atoms in total. The number of aliphatic hydroxyl groups excluding tert-OH is 1. The largest absolute Gasteiger partial charge is 0.395 e. The fourth-order valence-corrected chi connectivity index (χ4v) is 1.57. The Morgan fingerprint density at radius 2 is 2.12 bits per heavy atom. The Labute approximate surface area is 101 Å². The van der Waals surface area contributed by atoms with Gasteiger partial charge in [-0.05, 0) is 5.56 Å². The third-order valence-corrected chi connectivity index (χ3v) is 2.46. The highest BCUT2D eigenvalue weighted by molar-refractivity contribution is 5.83. The summed E-state index contributed by atoms with van der Waals surface area (Å²) in [7, 11) is 0. The summed E-state index contributed by atoms with van der Waals surface area (Å²) >= 11 is 0. The van der Waals surface area contributed by atoms with E-state index in [-0.39, 0.29) is 19.1 Å². The zero-order chi connectivity index (χ0) is 12.7. The molecule has 0 aromatic heterocycles. The molecule has 0 bridgehead atoms. The molecule has 1 aromatic carbocycles. The van der Waals surface area contributed by atoms with Crippen LogP contribution in [-0.4, -0.2) is 35.6 Å². The Kier molecular flexibility index (Phi) is 5.39. The molecule has 0 aliphatic heterocycles. The number of nitrogens with zero attached hydrogens (tertiary/aromatic N) is 1. The highest BCUT2D eigenvalue weighted by Gasteiger charge is 2.20. The number of rotatable bonds is 6. The number of amides is 1. The Morgan fingerprint density at radius 3 is 2.65 bits per heavy atom. The van der Waals surface area contributed by atoms with Crippen molar-refractivity contribution >= 4 is 5.91 Å². The summed E-state index contributed by atoms with van der Waals surface area (Å²) in [6.45, 7) is 4.16. The molecule has 0 aliphatic rings. The summed E-state index contributed by atoms with van der Waals surface area (Å²) in [6.07, 6.45) is 1.62. The summed E-state index contributed by atoms with van der Waals surface area (Å²) in [6, 6.07) is 8.48. The van der Waals surface area contributed by atoms with Gasteiger partial charge in [-0.1, -0.05) is 36.4 Å². The van der Waals surface area contributed by atoms with E-state index < -0.39 is 6.04 Å². The van der Waals surface area contributed by atoms with Crippen LogP contribution in [0.5, 0.6) is 0 Å². The first-order valence-corrected chi connectivity index (χ1v) is 5.51. The lowest BCUT2D eigenvalue weighted by molar-refractivity contribution is -0.132. The molecular formula is C13H18N2O2. The van der Waals surface area contributed by atoms with Gasteiger partial charge < -0.3 is 15.7 Å². The van der Waals surface area contributed by atoms with E-state index in [9.17, 15) is 4.79 Å². The first-order valence-electron chi connectivity index (χ1n) is 5.51. The van der Waals surface area contributed by atoms with Crippen molar-refractivity contribution in [1.82, 2.24) is 4.90 Å². The van der Waals surface area contributed by atoms with Crippen LogP contribution in [0.3, 0.4) is 0 Å². The molecule has 0 fully saturated rings. The zero-order valence-corrected chi connectivity index (χ0v) is 9.75. The molecule has 17 heavy (non-hydrogen) atoms. The van der Waals surface area contributed by atoms with Crippen molar-refractivity contribution in [1.29, 1.82) is 0 Å². The smallest absolute Gasteiger partial charge is 0.244 e. The van der Waals surface area contributed by atoms with Gasteiger partial charge in [0.2, 0.25) is 5.91 Å². The molecule has 0 radical (unpaired) electrons. The molecule has 1 rings (SSSR count). The van der Waals surface area contributed by atoms with Crippen LogP contribution in [0.1, 0.15) is 11.6 Å². The molecule has 0 saturated carbocycles. The third-order valence-electron chi connectivity index (χ3n) is 2.46. The minimum Gasteiger partial charge on any atom is -0.395 e. The lowest BCUT2D eigenvalue weighted by atomic mass is 10.1. The van der Waals surface area contributed by atoms with E-state index in [0.29, 0.717) is 6.54 Å². The van der Waals surface area contributed by atoms with Crippen molar-refractivity contribution in [2.24, 2.45) is 5.73 Å². The molecule has 3 N–H and O–H groups in total. The van der Waals surface area contributed by atoms with Crippen LogP contribution in [0.2, 0.25) is 0 Å². The maximum absolute atomic E-state index is 12.1. The SMILES string of the molecule is C=CCN(CCO)C(=O)C(N)c1ccccc1. The van der Waals surface area contributed by atoms with E-state index in [4.69, 9.17) is 10.8 Å². The van der Waals surface area contributed by atoms with E-state index in [0.717, 1.165) is 5.56 Å². The maximum Gasteiger partial charge on any atom is 0.244 e. The molecule has 1 amide bonds. The second-order valence-electron chi connectivity index (χ2n) is 3.68. The van der Waals surface area contributed by atoms with Gasteiger partial charge in [0.1, 0.15) is 6.04 Å². The zero-order valence-electron chi connectivity index (χ0n) is 9.75. The first kappa shape index (κ1) is 13.4. The number of benzene rings is 1. The highest BCUT2D eigenvalue weighted by Crippen LogP contribution is 2.12. The van der Waals surface area contributed by atoms with Crippen LogP contribution in [0.25, 0.3) is 0 Å². The van der Waals surface area contributed by atoms with Crippen molar-refractivity contribution in [2.75, 3.05) is 19.7 Å². The van der Waals surface area contributed by atoms with Crippen molar-refractivity contribution in [2.45, 2.75) is 6.04 Å². The topological polar surface area (TPSA) is 66.6 Å². The molecule has 0 spiro atoms. The number of hydrogen-bond acceptors (Lipinski definition) is 3. The molecule has 0 heterocycles. The van der Waals surface area contributed by atoms with Crippen LogP contribution in [0, 0.1) is 0 Å². The molecule has 1 aromatic rings. The average molecular weight is 234 g/mol. The fourth-order valence-electron chi connectivity index (χ4n) is 1.57. The minimum absolute atomic E-state index is 0.0823. The summed E-state index contributed by atoms with van der Waals surface area (Å²) < 4.78 is 0. The van der Waals surface area contributed by atoms with Gasteiger partial charge in [-0.3, -0.25) is 4.79 Å². The molecule has 1 atom stereocenters. The lowest BCUT2D eigenvalue weighted by Gasteiger charge is -2.23. The average Bonchev–Trinajstić information content (AvgIpc) is 2.38. The van der Waals surface area contributed by atoms with Gasteiger partial charge >= 0.3 is 0 Å². The van der Waals surface area contributed by atoms with E-state index in [1.165, 1.54) is 4.90 Å². The maximum atomic E-state index is 12.1. The summed E-state index contributed by atoms with van der Waals surface area (Å²) in [5.41, 5.74) is 6.66. The van der Waals surface area contributed by atoms with Crippen molar-refractivity contribution < 1.29 is 9.90 Å². The predicted octanol–water partition coefficient (Wildman–Crippen LogP) is 0.693. The molecule has 1 unspecified atom stereocenters. The van der Waals surface area contributed by atoms with Gasteiger partial charge in [0.05, 0.1) is 6.61 Å². The highest BCUT2D eigenvalue weighted by atomic mass is 16.3. The summed E-state index contributed by atoms with van der Waals surface area (Å²) in [5.74, 6) is -0.204. The molecule has 4 heteroatoms. The molecular weight excluding hydrogens is 216 g/mol. The monoisotopic (exact) mass is 234 g/mol. The predicted molar refractivity (Wildman–Crippen MR) is 67.2 cm³/mol. The molecule has 0 saturated heterocycles.